The maximum atomic E-state index is 3.59. The molecule has 0 aliphatic heterocycles. The average Bonchev–Trinajstić information content (AvgIpc) is 2.75. The maximum absolute atomic E-state index is 3.59. The van der Waals surface area contributed by atoms with E-state index in [4.69, 9.17) is 0 Å². The standard InChI is InChI=1S/C24H38N4/c1-2-25-15-8-16-26-17-9-18-27-19-10-20-28-21-23-13-6-7-14-24(23)22-11-4-3-5-12-22/h3-7,11-14,25-28H,2,8-10,15-21H2,1H3. The summed E-state index contributed by atoms with van der Waals surface area (Å²) in [6.07, 6.45) is 3.56. The third-order valence-electron chi connectivity index (χ3n) is 4.79. The van der Waals surface area contributed by atoms with Crippen LogP contribution in [-0.2, 0) is 6.54 Å². The van der Waals surface area contributed by atoms with Crippen molar-refractivity contribution in [3.05, 3.63) is 60.2 Å². The Balaban J connectivity index is 1.48. The molecule has 0 bridgehead atoms. The molecule has 0 aromatic heterocycles. The lowest BCUT2D eigenvalue weighted by Crippen LogP contribution is -2.26. The summed E-state index contributed by atoms with van der Waals surface area (Å²) in [6.45, 7) is 10.7. The van der Waals surface area contributed by atoms with Gasteiger partial charge in [0.25, 0.3) is 0 Å². The zero-order chi connectivity index (χ0) is 19.7. The van der Waals surface area contributed by atoms with Crippen molar-refractivity contribution < 1.29 is 0 Å². The van der Waals surface area contributed by atoms with Crippen LogP contribution in [0, 0.1) is 0 Å². The summed E-state index contributed by atoms with van der Waals surface area (Å²) in [5, 5.41) is 14.0. The third-order valence-corrected chi connectivity index (χ3v) is 4.79. The summed E-state index contributed by atoms with van der Waals surface area (Å²) in [7, 11) is 0. The summed E-state index contributed by atoms with van der Waals surface area (Å²) in [4.78, 5) is 0. The van der Waals surface area contributed by atoms with Crippen molar-refractivity contribution in [3.8, 4) is 11.1 Å². The molecule has 2 rings (SSSR count). The van der Waals surface area contributed by atoms with Gasteiger partial charge in [0.1, 0.15) is 0 Å². The van der Waals surface area contributed by atoms with Crippen LogP contribution in [0.4, 0.5) is 0 Å². The highest BCUT2D eigenvalue weighted by Gasteiger charge is 2.03. The number of benzene rings is 2. The highest BCUT2D eigenvalue weighted by Crippen LogP contribution is 2.23. The van der Waals surface area contributed by atoms with E-state index in [1.807, 2.05) is 0 Å². The van der Waals surface area contributed by atoms with E-state index in [2.05, 4.69) is 82.8 Å². The molecule has 4 N–H and O–H groups in total. The monoisotopic (exact) mass is 382 g/mol. The summed E-state index contributed by atoms with van der Waals surface area (Å²) < 4.78 is 0. The molecule has 0 saturated carbocycles. The summed E-state index contributed by atoms with van der Waals surface area (Å²) in [6, 6.07) is 19.3. The van der Waals surface area contributed by atoms with Crippen LogP contribution in [0.5, 0.6) is 0 Å². The fourth-order valence-corrected chi connectivity index (χ4v) is 3.24. The van der Waals surface area contributed by atoms with Crippen molar-refractivity contribution >= 4 is 0 Å². The van der Waals surface area contributed by atoms with Gasteiger partial charge >= 0.3 is 0 Å². The first-order chi connectivity index (χ1) is 13.9. The molecule has 0 unspecified atom stereocenters. The van der Waals surface area contributed by atoms with E-state index in [0.29, 0.717) is 0 Å². The van der Waals surface area contributed by atoms with Crippen molar-refractivity contribution in [2.75, 3.05) is 45.8 Å². The van der Waals surface area contributed by atoms with Crippen LogP contribution in [0.1, 0.15) is 31.7 Å². The zero-order valence-corrected chi connectivity index (χ0v) is 17.5. The molecule has 0 atom stereocenters. The molecule has 0 heterocycles. The second-order valence-corrected chi connectivity index (χ2v) is 7.11. The van der Waals surface area contributed by atoms with Crippen molar-refractivity contribution in [2.45, 2.75) is 32.7 Å². The molecule has 0 radical (unpaired) electrons. The minimum Gasteiger partial charge on any atom is -0.317 e. The van der Waals surface area contributed by atoms with E-state index in [9.17, 15) is 0 Å². The fourth-order valence-electron chi connectivity index (χ4n) is 3.24. The predicted molar refractivity (Wildman–Crippen MR) is 122 cm³/mol. The first-order valence-electron chi connectivity index (χ1n) is 10.9. The van der Waals surface area contributed by atoms with Gasteiger partial charge < -0.3 is 21.3 Å². The smallest absolute Gasteiger partial charge is 0.0211 e. The Labute approximate surface area is 171 Å². The third kappa shape index (κ3) is 9.47. The van der Waals surface area contributed by atoms with Crippen LogP contribution >= 0.6 is 0 Å². The van der Waals surface area contributed by atoms with E-state index >= 15 is 0 Å². The van der Waals surface area contributed by atoms with Crippen LogP contribution in [0.2, 0.25) is 0 Å². The molecule has 4 nitrogen and oxygen atoms in total. The van der Waals surface area contributed by atoms with Gasteiger partial charge in [-0.3, -0.25) is 0 Å². The molecular weight excluding hydrogens is 344 g/mol. The van der Waals surface area contributed by atoms with Crippen LogP contribution in [0.25, 0.3) is 11.1 Å². The Hall–Kier alpha value is -1.72. The van der Waals surface area contributed by atoms with Gasteiger partial charge in [-0.25, -0.2) is 0 Å². The van der Waals surface area contributed by atoms with Crippen LogP contribution in [0.3, 0.4) is 0 Å². The minimum atomic E-state index is 0.919. The van der Waals surface area contributed by atoms with E-state index < -0.39 is 0 Å². The van der Waals surface area contributed by atoms with Gasteiger partial charge in [-0.2, -0.15) is 0 Å². The highest BCUT2D eigenvalue weighted by atomic mass is 14.9. The van der Waals surface area contributed by atoms with E-state index in [1.54, 1.807) is 0 Å². The largest absolute Gasteiger partial charge is 0.317 e. The Morgan fingerprint density at radius 2 is 1.11 bits per heavy atom. The van der Waals surface area contributed by atoms with Gasteiger partial charge in [0.05, 0.1) is 0 Å². The number of rotatable bonds is 16. The Bertz CT molecular complexity index is 615. The zero-order valence-electron chi connectivity index (χ0n) is 17.5. The lowest BCUT2D eigenvalue weighted by molar-refractivity contribution is 0.554. The molecule has 154 valence electrons. The van der Waals surface area contributed by atoms with Gasteiger partial charge in [0.15, 0.2) is 0 Å². The summed E-state index contributed by atoms with van der Waals surface area (Å²) >= 11 is 0. The average molecular weight is 383 g/mol. The fraction of sp³-hybridized carbons (Fsp3) is 0.500. The molecule has 0 amide bonds. The van der Waals surface area contributed by atoms with E-state index in [-0.39, 0.29) is 0 Å². The Morgan fingerprint density at radius 1 is 0.571 bits per heavy atom. The van der Waals surface area contributed by atoms with Crippen molar-refractivity contribution in [2.24, 2.45) is 0 Å². The summed E-state index contributed by atoms with van der Waals surface area (Å²) in [5.74, 6) is 0. The molecule has 4 heteroatoms. The number of hydrogen-bond acceptors (Lipinski definition) is 4. The quantitative estimate of drug-likeness (QED) is 0.336. The molecule has 28 heavy (non-hydrogen) atoms. The first-order valence-corrected chi connectivity index (χ1v) is 10.9. The first kappa shape index (κ1) is 22.6. The summed E-state index contributed by atoms with van der Waals surface area (Å²) in [5.41, 5.74) is 3.98. The van der Waals surface area contributed by atoms with E-state index in [0.717, 1.165) is 58.8 Å². The second-order valence-electron chi connectivity index (χ2n) is 7.11. The van der Waals surface area contributed by atoms with Crippen molar-refractivity contribution in [1.29, 1.82) is 0 Å². The van der Waals surface area contributed by atoms with Crippen LogP contribution < -0.4 is 21.3 Å². The molecule has 0 saturated heterocycles. The van der Waals surface area contributed by atoms with Gasteiger partial charge in [-0.05, 0) is 81.8 Å². The maximum Gasteiger partial charge on any atom is 0.0211 e. The molecular formula is C24H38N4. The van der Waals surface area contributed by atoms with Crippen LogP contribution in [-0.4, -0.2) is 45.8 Å². The lowest BCUT2D eigenvalue weighted by Gasteiger charge is -2.11. The van der Waals surface area contributed by atoms with Crippen molar-refractivity contribution in [1.82, 2.24) is 21.3 Å². The lowest BCUT2D eigenvalue weighted by atomic mass is 10.00. The second kappa shape index (κ2) is 15.2. The van der Waals surface area contributed by atoms with Gasteiger partial charge in [-0.1, -0.05) is 61.5 Å². The number of nitrogens with one attached hydrogen (secondary N) is 4. The topological polar surface area (TPSA) is 48.1 Å². The normalized spacial score (nSPS) is 11.0. The molecule has 0 aliphatic rings. The number of hydrogen-bond donors (Lipinski definition) is 4. The predicted octanol–water partition coefficient (Wildman–Crippen LogP) is 3.40. The minimum absolute atomic E-state index is 0.919. The molecule has 2 aromatic rings. The molecule has 0 spiro atoms. The van der Waals surface area contributed by atoms with Gasteiger partial charge in [0, 0.05) is 6.54 Å². The Morgan fingerprint density at radius 3 is 1.75 bits per heavy atom. The van der Waals surface area contributed by atoms with Crippen molar-refractivity contribution in [3.63, 3.8) is 0 Å². The molecule has 0 aliphatic carbocycles. The molecule has 0 fully saturated rings. The highest BCUT2D eigenvalue weighted by molar-refractivity contribution is 5.67. The SMILES string of the molecule is CCNCCCNCCCNCCCNCc1ccccc1-c1ccccc1. The van der Waals surface area contributed by atoms with E-state index in [1.165, 1.54) is 29.5 Å². The molecule has 2 aromatic carbocycles. The van der Waals surface area contributed by atoms with Gasteiger partial charge in [-0.15, -0.1) is 0 Å². The van der Waals surface area contributed by atoms with Crippen LogP contribution in [0.15, 0.2) is 54.6 Å². The Kier molecular flexibility index (Phi) is 12.3. The van der Waals surface area contributed by atoms with Gasteiger partial charge in [0.2, 0.25) is 0 Å².